The second-order valence-electron chi connectivity index (χ2n) is 5.79. The molecule has 2 fully saturated rings. The lowest BCUT2D eigenvalue weighted by atomic mass is 9.81. The van der Waals surface area contributed by atoms with E-state index in [1.54, 1.807) is 19.1 Å². The van der Waals surface area contributed by atoms with Gasteiger partial charge >= 0.3 is 5.97 Å². The maximum atomic E-state index is 12.6. The molecular formula is C16H17NO4. The molecule has 2 amide bonds. The summed E-state index contributed by atoms with van der Waals surface area (Å²) in [5.41, 5.74) is 0.889. The van der Waals surface area contributed by atoms with E-state index in [9.17, 15) is 19.5 Å². The normalized spacial score (nSPS) is 25.1. The molecule has 5 nitrogen and oxygen atoms in total. The number of carboxylic acids is 1. The number of carbonyl (C=O) groups is 3. The van der Waals surface area contributed by atoms with E-state index in [0.717, 1.165) is 30.6 Å². The van der Waals surface area contributed by atoms with Crippen molar-refractivity contribution in [1.29, 1.82) is 0 Å². The van der Waals surface area contributed by atoms with Gasteiger partial charge in [0.15, 0.2) is 0 Å². The molecule has 0 unspecified atom stereocenters. The second kappa shape index (κ2) is 4.98. The van der Waals surface area contributed by atoms with Gasteiger partial charge in [-0.2, -0.15) is 0 Å². The molecule has 1 N–H and O–H groups in total. The van der Waals surface area contributed by atoms with Crippen molar-refractivity contribution < 1.29 is 19.5 Å². The van der Waals surface area contributed by atoms with E-state index in [0.29, 0.717) is 5.56 Å². The number of aromatic carboxylic acids is 1. The lowest BCUT2D eigenvalue weighted by molar-refractivity contribution is -0.122. The fourth-order valence-electron chi connectivity index (χ4n) is 3.51. The Morgan fingerprint density at radius 2 is 1.71 bits per heavy atom. The number of aryl methyl sites for hydroxylation is 1. The standard InChI is InChI=1S/C16H17NO4/c1-9-5-4-8-12(16(20)21)13(9)17-14(18)10-6-2-3-7-11(10)15(17)19/h4-5,8,10-11H,2-3,6-7H2,1H3,(H,20,21)/t10-,11+. The summed E-state index contributed by atoms with van der Waals surface area (Å²) < 4.78 is 0. The molecule has 0 spiro atoms. The van der Waals surface area contributed by atoms with Crippen LogP contribution in [-0.4, -0.2) is 22.9 Å². The quantitative estimate of drug-likeness (QED) is 0.847. The van der Waals surface area contributed by atoms with Gasteiger partial charge in [-0.05, 0) is 31.4 Å². The Morgan fingerprint density at radius 3 is 2.24 bits per heavy atom. The zero-order chi connectivity index (χ0) is 15.1. The third-order valence-corrected chi connectivity index (χ3v) is 4.53. The lowest BCUT2D eigenvalue weighted by Gasteiger charge is -2.19. The number of amides is 2. The van der Waals surface area contributed by atoms with Gasteiger partial charge in [0, 0.05) is 0 Å². The van der Waals surface area contributed by atoms with Crippen LogP contribution in [-0.2, 0) is 9.59 Å². The van der Waals surface area contributed by atoms with E-state index in [4.69, 9.17) is 0 Å². The summed E-state index contributed by atoms with van der Waals surface area (Å²) in [6, 6.07) is 4.79. The SMILES string of the molecule is Cc1cccc(C(=O)O)c1N1C(=O)[C@H]2CCCC[C@H]2C1=O. The van der Waals surface area contributed by atoms with Gasteiger partial charge in [0.05, 0.1) is 23.1 Å². The van der Waals surface area contributed by atoms with E-state index in [1.165, 1.54) is 6.07 Å². The Bertz CT molecular complexity index is 613. The number of rotatable bonds is 2. The molecule has 1 aliphatic carbocycles. The average Bonchev–Trinajstić information content (AvgIpc) is 2.72. The van der Waals surface area contributed by atoms with Crippen molar-refractivity contribution in [2.75, 3.05) is 4.90 Å². The molecule has 1 aromatic carbocycles. The number of anilines is 1. The van der Waals surface area contributed by atoms with Crippen molar-refractivity contribution in [2.45, 2.75) is 32.6 Å². The van der Waals surface area contributed by atoms with Crippen molar-refractivity contribution in [2.24, 2.45) is 11.8 Å². The number of imide groups is 1. The fraction of sp³-hybridized carbons (Fsp3) is 0.438. The van der Waals surface area contributed by atoms with Crippen LogP contribution in [0.3, 0.4) is 0 Å². The van der Waals surface area contributed by atoms with E-state index < -0.39 is 5.97 Å². The molecule has 3 rings (SSSR count). The van der Waals surface area contributed by atoms with Gasteiger partial charge in [-0.25, -0.2) is 9.69 Å². The predicted molar refractivity (Wildman–Crippen MR) is 76.1 cm³/mol. The molecule has 21 heavy (non-hydrogen) atoms. The van der Waals surface area contributed by atoms with Crippen LogP contribution in [0.25, 0.3) is 0 Å². The maximum absolute atomic E-state index is 12.6. The monoisotopic (exact) mass is 287 g/mol. The number of benzene rings is 1. The van der Waals surface area contributed by atoms with E-state index in [1.807, 2.05) is 0 Å². The smallest absolute Gasteiger partial charge is 0.337 e. The number of hydrogen-bond acceptors (Lipinski definition) is 3. The molecule has 2 atom stereocenters. The van der Waals surface area contributed by atoms with Crippen LogP contribution >= 0.6 is 0 Å². The minimum absolute atomic E-state index is 0.00958. The number of carboxylic acid groups (broad SMARTS) is 1. The average molecular weight is 287 g/mol. The van der Waals surface area contributed by atoms with Crippen LogP contribution in [0.4, 0.5) is 5.69 Å². The highest BCUT2D eigenvalue weighted by Gasteiger charge is 2.49. The summed E-state index contributed by atoms with van der Waals surface area (Å²) in [5, 5.41) is 9.33. The molecule has 0 radical (unpaired) electrons. The molecule has 2 aliphatic rings. The lowest BCUT2D eigenvalue weighted by Crippen LogP contribution is -2.33. The van der Waals surface area contributed by atoms with Crippen LogP contribution in [0.5, 0.6) is 0 Å². The summed E-state index contributed by atoms with van der Waals surface area (Å²) in [4.78, 5) is 37.7. The molecule has 1 aliphatic heterocycles. The van der Waals surface area contributed by atoms with Gasteiger partial charge in [0.1, 0.15) is 0 Å². The van der Waals surface area contributed by atoms with Crippen molar-refractivity contribution in [3.05, 3.63) is 29.3 Å². The number of para-hydroxylation sites is 1. The molecule has 1 saturated carbocycles. The number of nitrogens with zero attached hydrogens (tertiary/aromatic N) is 1. The summed E-state index contributed by atoms with van der Waals surface area (Å²) >= 11 is 0. The van der Waals surface area contributed by atoms with Crippen LogP contribution in [0, 0.1) is 18.8 Å². The predicted octanol–water partition coefficient (Wildman–Crippen LogP) is 2.37. The molecule has 5 heteroatoms. The molecule has 1 aromatic rings. The highest BCUT2D eigenvalue weighted by molar-refractivity contribution is 6.24. The van der Waals surface area contributed by atoms with Crippen LogP contribution < -0.4 is 4.90 Å². The van der Waals surface area contributed by atoms with E-state index in [2.05, 4.69) is 0 Å². The van der Waals surface area contributed by atoms with Crippen LogP contribution in [0.1, 0.15) is 41.6 Å². The van der Waals surface area contributed by atoms with Crippen molar-refractivity contribution in [3.63, 3.8) is 0 Å². The van der Waals surface area contributed by atoms with Crippen molar-refractivity contribution in [3.8, 4) is 0 Å². The first kappa shape index (κ1) is 13.8. The van der Waals surface area contributed by atoms with E-state index in [-0.39, 0.29) is 34.9 Å². The fourth-order valence-corrected chi connectivity index (χ4v) is 3.51. The van der Waals surface area contributed by atoms with Crippen molar-refractivity contribution in [1.82, 2.24) is 0 Å². The molecular weight excluding hydrogens is 270 g/mol. The molecule has 1 saturated heterocycles. The van der Waals surface area contributed by atoms with E-state index >= 15 is 0 Å². The number of fused-ring (bicyclic) bond motifs is 1. The Labute approximate surface area is 122 Å². The first-order valence-electron chi connectivity index (χ1n) is 7.23. The van der Waals surface area contributed by atoms with Crippen LogP contribution in [0.15, 0.2) is 18.2 Å². The highest BCUT2D eigenvalue weighted by atomic mass is 16.4. The van der Waals surface area contributed by atoms with Gasteiger partial charge in [-0.15, -0.1) is 0 Å². The Balaban J connectivity index is 2.11. The minimum atomic E-state index is -1.12. The molecule has 0 aromatic heterocycles. The maximum Gasteiger partial charge on any atom is 0.337 e. The zero-order valence-electron chi connectivity index (χ0n) is 11.8. The summed E-state index contributed by atoms with van der Waals surface area (Å²) in [7, 11) is 0. The van der Waals surface area contributed by atoms with Gasteiger partial charge in [-0.1, -0.05) is 25.0 Å². The molecule has 1 heterocycles. The molecule has 0 bridgehead atoms. The van der Waals surface area contributed by atoms with Gasteiger partial charge < -0.3 is 5.11 Å². The largest absolute Gasteiger partial charge is 0.478 e. The highest BCUT2D eigenvalue weighted by Crippen LogP contribution is 2.41. The first-order valence-corrected chi connectivity index (χ1v) is 7.23. The number of carbonyl (C=O) groups excluding carboxylic acids is 2. The Kier molecular flexibility index (Phi) is 3.27. The summed E-state index contributed by atoms with van der Waals surface area (Å²) in [5.74, 6) is -2.13. The van der Waals surface area contributed by atoms with Gasteiger partial charge in [-0.3, -0.25) is 9.59 Å². The topological polar surface area (TPSA) is 74.7 Å². The Hall–Kier alpha value is -2.17. The second-order valence-corrected chi connectivity index (χ2v) is 5.79. The summed E-state index contributed by atoms with van der Waals surface area (Å²) in [6.45, 7) is 1.73. The molecule has 110 valence electrons. The number of hydrogen-bond donors (Lipinski definition) is 1. The minimum Gasteiger partial charge on any atom is -0.478 e. The zero-order valence-corrected chi connectivity index (χ0v) is 11.8. The third-order valence-electron chi connectivity index (χ3n) is 4.53. The van der Waals surface area contributed by atoms with Gasteiger partial charge in [0.25, 0.3) is 0 Å². The van der Waals surface area contributed by atoms with Gasteiger partial charge in [0.2, 0.25) is 11.8 Å². The Morgan fingerprint density at radius 1 is 1.14 bits per heavy atom. The summed E-state index contributed by atoms with van der Waals surface area (Å²) in [6.07, 6.45) is 3.35. The van der Waals surface area contributed by atoms with Crippen LogP contribution in [0.2, 0.25) is 0 Å². The first-order chi connectivity index (χ1) is 10.0. The third kappa shape index (κ3) is 2.04. The van der Waals surface area contributed by atoms with Crippen molar-refractivity contribution >= 4 is 23.5 Å².